The number of rotatable bonds is 4. The van der Waals surface area contributed by atoms with Crippen LogP contribution in [0.3, 0.4) is 0 Å². The van der Waals surface area contributed by atoms with Gasteiger partial charge in [-0.3, -0.25) is 4.79 Å². The zero-order valence-corrected chi connectivity index (χ0v) is 14.8. The van der Waals surface area contributed by atoms with Gasteiger partial charge >= 0.3 is 6.03 Å². The summed E-state index contributed by atoms with van der Waals surface area (Å²) < 4.78 is 1.26. The Bertz CT molecular complexity index is 923. The molecular weight excluding hydrogens is 344 g/mol. The van der Waals surface area contributed by atoms with Crippen molar-refractivity contribution in [3.8, 4) is 17.2 Å². The fraction of sp³-hybridized carbons (Fsp3) is 0.421. The summed E-state index contributed by atoms with van der Waals surface area (Å²) >= 11 is 0. The Balaban J connectivity index is 1.53. The first kappa shape index (κ1) is 17.2. The summed E-state index contributed by atoms with van der Waals surface area (Å²) in [5.74, 6) is 0.820. The minimum atomic E-state index is -0.340. The Morgan fingerprint density at radius 1 is 1.44 bits per heavy atom. The highest BCUT2D eigenvalue weighted by molar-refractivity contribution is 6.00. The number of carbonyl (C=O) groups excluding carboxylic acids is 2. The van der Waals surface area contributed by atoms with Crippen molar-refractivity contribution in [1.82, 2.24) is 20.1 Å². The van der Waals surface area contributed by atoms with Gasteiger partial charge in [0.2, 0.25) is 5.91 Å². The number of hydrogen-bond acceptors (Lipinski definition) is 5. The summed E-state index contributed by atoms with van der Waals surface area (Å²) in [5.41, 5.74) is 2.40. The molecule has 3 heterocycles. The topological polar surface area (TPSA) is 113 Å². The third-order valence-corrected chi connectivity index (χ3v) is 5.34. The molecule has 1 saturated carbocycles. The number of pyridine rings is 1. The van der Waals surface area contributed by atoms with Crippen molar-refractivity contribution in [2.45, 2.75) is 44.6 Å². The van der Waals surface area contributed by atoms with Gasteiger partial charge < -0.3 is 10.6 Å². The third kappa shape index (κ3) is 3.40. The molecule has 2 N–H and O–H groups in total. The Kier molecular flexibility index (Phi) is 4.59. The minimum Gasteiger partial charge on any atom is -0.332 e. The zero-order chi connectivity index (χ0) is 18.8. The predicted molar refractivity (Wildman–Crippen MR) is 97.7 cm³/mol. The fourth-order valence-electron chi connectivity index (χ4n) is 3.98. The smallest absolute Gasteiger partial charge is 0.332 e. The maximum absolute atomic E-state index is 12.6. The van der Waals surface area contributed by atoms with Crippen LogP contribution in [0.2, 0.25) is 0 Å². The minimum absolute atomic E-state index is 0.0917. The summed E-state index contributed by atoms with van der Waals surface area (Å²) in [4.78, 5) is 28.4. The highest BCUT2D eigenvalue weighted by Gasteiger charge is 2.27. The van der Waals surface area contributed by atoms with Gasteiger partial charge in [-0.25, -0.2) is 9.78 Å². The lowest BCUT2D eigenvalue weighted by Gasteiger charge is -2.21. The van der Waals surface area contributed by atoms with Crippen molar-refractivity contribution < 1.29 is 9.59 Å². The largest absolute Gasteiger partial charge is 0.342 e. The molecule has 1 aliphatic carbocycles. The molecule has 27 heavy (non-hydrogen) atoms. The molecule has 1 fully saturated rings. The molecule has 0 aromatic carbocycles. The van der Waals surface area contributed by atoms with Crippen LogP contribution in [0.1, 0.15) is 37.7 Å². The second-order valence-corrected chi connectivity index (χ2v) is 7.05. The first-order valence-electron chi connectivity index (χ1n) is 9.16. The average Bonchev–Trinajstić information content (AvgIpc) is 3.40. The molecule has 2 amide bonds. The van der Waals surface area contributed by atoms with E-state index in [-0.39, 0.29) is 24.4 Å². The van der Waals surface area contributed by atoms with Crippen molar-refractivity contribution >= 4 is 17.8 Å². The van der Waals surface area contributed by atoms with Crippen LogP contribution in [0.5, 0.6) is 0 Å². The molecule has 8 heteroatoms. The number of carbonyl (C=O) groups is 2. The van der Waals surface area contributed by atoms with E-state index in [9.17, 15) is 9.59 Å². The normalized spacial score (nSPS) is 17.2. The zero-order valence-electron chi connectivity index (χ0n) is 14.8. The molecule has 0 saturated heterocycles. The summed E-state index contributed by atoms with van der Waals surface area (Å²) in [6.07, 6.45) is 9.82. The van der Waals surface area contributed by atoms with Crippen molar-refractivity contribution in [3.63, 3.8) is 0 Å². The first-order chi connectivity index (χ1) is 13.2. The third-order valence-electron chi connectivity index (χ3n) is 5.34. The second-order valence-electron chi connectivity index (χ2n) is 7.05. The van der Waals surface area contributed by atoms with Crippen LogP contribution in [-0.2, 0) is 11.2 Å². The molecule has 1 atom stereocenters. The summed E-state index contributed by atoms with van der Waals surface area (Å²) in [6, 6.07) is 3.50. The summed E-state index contributed by atoms with van der Waals surface area (Å²) in [5, 5.41) is 18.9. The first-order valence-corrected chi connectivity index (χ1v) is 9.16. The van der Waals surface area contributed by atoms with Gasteiger partial charge in [0, 0.05) is 29.6 Å². The van der Waals surface area contributed by atoms with E-state index in [1.165, 1.54) is 4.68 Å². The Labute approximate surface area is 156 Å². The van der Waals surface area contributed by atoms with E-state index in [4.69, 9.17) is 5.26 Å². The number of fused-ring (bicyclic) bond motifs is 1. The standard InChI is InChI=1S/C19H20N6O2/c20-7-5-16(12-3-1-2-4-12)23-19(27)25-11-13(10-22-25)14-6-8-21-18-15(14)9-17(26)24-18/h6,8,10-12,16H,1-5,9H2,(H,23,27)(H,21,24,26). The van der Waals surface area contributed by atoms with E-state index in [0.29, 0.717) is 18.2 Å². The molecule has 0 spiro atoms. The monoisotopic (exact) mass is 364 g/mol. The lowest BCUT2D eigenvalue weighted by atomic mass is 9.96. The van der Waals surface area contributed by atoms with Crippen LogP contribution < -0.4 is 10.6 Å². The molecule has 2 aliphatic rings. The van der Waals surface area contributed by atoms with E-state index >= 15 is 0 Å². The molecular formula is C19H20N6O2. The number of nitriles is 1. The molecule has 0 bridgehead atoms. The highest BCUT2D eigenvalue weighted by Crippen LogP contribution is 2.31. The lowest BCUT2D eigenvalue weighted by molar-refractivity contribution is -0.115. The predicted octanol–water partition coefficient (Wildman–Crippen LogP) is 2.47. The molecule has 1 unspecified atom stereocenters. The molecule has 1 aliphatic heterocycles. The number of aromatic nitrogens is 3. The quantitative estimate of drug-likeness (QED) is 0.865. The SMILES string of the molecule is N#CCC(NC(=O)n1cc(-c2ccnc3c2CC(=O)N3)cn1)C1CCCC1. The van der Waals surface area contributed by atoms with Gasteiger partial charge in [-0.2, -0.15) is 15.0 Å². The number of hydrogen-bond donors (Lipinski definition) is 2. The van der Waals surface area contributed by atoms with Crippen LogP contribution in [0.15, 0.2) is 24.7 Å². The van der Waals surface area contributed by atoms with E-state index in [1.807, 2.05) is 6.07 Å². The number of nitrogens with zero attached hydrogens (tertiary/aromatic N) is 4. The summed E-state index contributed by atoms with van der Waals surface area (Å²) in [6.45, 7) is 0. The van der Waals surface area contributed by atoms with Crippen LogP contribution >= 0.6 is 0 Å². The van der Waals surface area contributed by atoms with Crippen LogP contribution in [0, 0.1) is 17.2 Å². The maximum Gasteiger partial charge on any atom is 0.342 e. The molecule has 138 valence electrons. The summed E-state index contributed by atoms with van der Waals surface area (Å²) in [7, 11) is 0. The molecule has 2 aromatic rings. The Morgan fingerprint density at radius 2 is 2.26 bits per heavy atom. The maximum atomic E-state index is 12.6. The van der Waals surface area contributed by atoms with Gasteiger partial charge in [0.25, 0.3) is 0 Å². The fourth-order valence-corrected chi connectivity index (χ4v) is 3.98. The van der Waals surface area contributed by atoms with Crippen LogP contribution in [-0.4, -0.2) is 32.7 Å². The molecule has 2 aromatic heterocycles. The van der Waals surface area contributed by atoms with Crippen molar-refractivity contribution in [1.29, 1.82) is 5.26 Å². The van der Waals surface area contributed by atoms with Gasteiger partial charge in [0.15, 0.2) is 0 Å². The van der Waals surface area contributed by atoms with E-state index in [1.54, 1.807) is 18.6 Å². The van der Waals surface area contributed by atoms with Gasteiger partial charge in [-0.05, 0) is 30.4 Å². The highest BCUT2D eigenvalue weighted by atomic mass is 16.2. The second kappa shape index (κ2) is 7.19. The van der Waals surface area contributed by atoms with E-state index in [2.05, 4.69) is 26.8 Å². The van der Waals surface area contributed by atoms with Crippen molar-refractivity contribution in [3.05, 3.63) is 30.2 Å². The Morgan fingerprint density at radius 3 is 3.04 bits per heavy atom. The van der Waals surface area contributed by atoms with Gasteiger partial charge in [0.05, 0.1) is 25.1 Å². The molecule has 0 radical (unpaired) electrons. The number of nitrogens with one attached hydrogen (secondary N) is 2. The van der Waals surface area contributed by atoms with Crippen molar-refractivity contribution in [2.24, 2.45) is 5.92 Å². The molecule has 8 nitrogen and oxygen atoms in total. The van der Waals surface area contributed by atoms with Gasteiger partial charge in [-0.15, -0.1) is 0 Å². The molecule has 4 rings (SSSR count). The van der Waals surface area contributed by atoms with Gasteiger partial charge in [0.1, 0.15) is 5.82 Å². The van der Waals surface area contributed by atoms with Crippen LogP contribution in [0.4, 0.5) is 10.6 Å². The van der Waals surface area contributed by atoms with Crippen molar-refractivity contribution in [2.75, 3.05) is 5.32 Å². The van der Waals surface area contributed by atoms with E-state index in [0.717, 1.165) is 42.4 Å². The average molecular weight is 364 g/mol. The lowest BCUT2D eigenvalue weighted by Crippen LogP contribution is -2.41. The van der Waals surface area contributed by atoms with Gasteiger partial charge in [-0.1, -0.05) is 12.8 Å². The number of amides is 2. The number of anilines is 1. The van der Waals surface area contributed by atoms with Crippen LogP contribution in [0.25, 0.3) is 11.1 Å². The Hall–Kier alpha value is -3.21. The van der Waals surface area contributed by atoms with E-state index < -0.39 is 0 Å².